The van der Waals surface area contributed by atoms with Crippen LogP contribution in [0.25, 0.3) is 0 Å². The summed E-state index contributed by atoms with van der Waals surface area (Å²) in [7, 11) is 0. The number of carbonyl (C=O) groups excluding carboxylic acids is 1. The van der Waals surface area contributed by atoms with Crippen LogP contribution in [0, 0.1) is 0 Å². The fourth-order valence-corrected chi connectivity index (χ4v) is 1.01. The van der Waals surface area contributed by atoms with Crippen molar-refractivity contribution in [1.29, 1.82) is 0 Å². The molecular formula is C9H20N2OS. The predicted octanol–water partition coefficient (Wildman–Crippen LogP) is 0.854. The molecule has 0 heterocycles. The van der Waals surface area contributed by atoms with E-state index in [-0.39, 0.29) is 11.4 Å². The monoisotopic (exact) mass is 204 g/mol. The Balaban J connectivity index is 3.41. The van der Waals surface area contributed by atoms with E-state index in [1.165, 1.54) is 0 Å². The van der Waals surface area contributed by atoms with Crippen molar-refractivity contribution in [1.82, 2.24) is 10.6 Å². The van der Waals surface area contributed by atoms with Crippen LogP contribution in [0.4, 0.5) is 0 Å². The van der Waals surface area contributed by atoms with Gasteiger partial charge in [0.05, 0.1) is 6.54 Å². The molecule has 0 aliphatic carbocycles. The number of carbonyl (C=O) groups is 1. The average Bonchev–Trinajstić information content (AvgIpc) is 2.00. The van der Waals surface area contributed by atoms with Crippen molar-refractivity contribution < 1.29 is 4.79 Å². The smallest absolute Gasteiger partial charge is 0.234 e. The van der Waals surface area contributed by atoms with Crippen molar-refractivity contribution in [2.24, 2.45) is 0 Å². The quantitative estimate of drug-likeness (QED) is 0.652. The van der Waals surface area contributed by atoms with Gasteiger partial charge in [0.15, 0.2) is 0 Å². The first-order valence-electron chi connectivity index (χ1n) is 4.46. The van der Waals surface area contributed by atoms with Gasteiger partial charge in [0, 0.05) is 17.8 Å². The highest BCUT2D eigenvalue weighted by Crippen LogP contribution is 1.96. The van der Waals surface area contributed by atoms with Crippen molar-refractivity contribution in [3.8, 4) is 0 Å². The Labute approximate surface area is 85.0 Å². The van der Waals surface area contributed by atoms with Gasteiger partial charge in [0.25, 0.3) is 0 Å². The summed E-state index contributed by atoms with van der Waals surface area (Å²) in [6.45, 7) is 7.29. The lowest BCUT2D eigenvalue weighted by Gasteiger charge is -2.19. The first kappa shape index (κ1) is 12.8. The maximum absolute atomic E-state index is 11.2. The van der Waals surface area contributed by atoms with E-state index in [1.807, 2.05) is 27.0 Å². The lowest BCUT2D eigenvalue weighted by Crippen LogP contribution is -2.43. The summed E-state index contributed by atoms with van der Waals surface area (Å²) in [5.74, 6) is 1.05. The van der Waals surface area contributed by atoms with Gasteiger partial charge in [0.2, 0.25) is 5.91 Å². The van der Waals surface area contributed by atoms with Crippen LogP contribution in [0.15, 0.2) is 0 Å². The maximum Gasteiger partial charge on any atom is 0.234 e. The van der Waals surface area contributed by atoms with Crippen LogP contribution in [-0.2, 0) is 4.79 Å². The Morgan fingerprint density at radius 3 is 2.46 bits per heavy atom. The van der Waals surface area contributed by atoms with Crippen LogP contribution in [0.2, 0.25) is 0 Å². The average molecular weight is 204 g/mol. The Morgan fingerprint density at radius 1 is 1.38 bits per heavy atom. The Morgan fingerprint density at radius 2 is 2.00 bits per heavy atom. The van der Waals surface area contributed by atoms with Gasteiger partial charge in [-0.1, -0.05) is 0 Å². The lowest BCUT2D eigenvalue weighted by atomic mass is 10.1. The molecule has 2 N–H and O–H groups in total. The molecule has 0 saturated heterocycles. The third-order valence-electron chi connectivity index (χ3n) is 1.41. The van der Waals surface area contributed by atoms with E-state index < -0.39 is 0 Å². The molecule has 0 aromatic heterocycles. The van der Waals surface area contributed by atoms with Crippen molar-refractivity contribution in [3.63, 3.8) is 0 Å². The highest BCUT2D eigenvalue weighted by molar-refractivity contribution is 7.98. The topological polar surface area (TPSA) is 41.1 Å². The molecule has 0 fully saturated rings. The number of hydrogen-bond donors (Lipinski definition) is 2. The molecule has 0 rings (SSSR count). The van der Waals surface area contributed by atoms with Crippen LogP contribution < -0.4 is 10.6 Å². The minimum absolute atomic E-state index is 0.0108. The second kappa shape index (κ2) is 6.27. The predicted molar refractivity (Wildman–Crippen MR) is 59.1 cm³/mol. The van der Waals surface area contributed by atoms with E-state index in [9.17, 15) is 4.79 Å². The van der Waals surface area contributed by atoms with Gasteiger partial charge < -0.3 is 10.6 Å². The molecule has 0 radical (unpaired) electrons. The summed E-state index contributed by atoms with van der Waals surface area (Å²) in [6, 6.07) is 0. The summed E-state index contributed by atoms with van der Waals surface area (Å²) < 4.78 is 0. The zero-order valence-corrected chi connectivity index (χ0v) is 9.75. The number of amides is 1. The minimum Gasteiger partial charge on any atom is -0.354 e. The summed E-state index contributed by atoms with van der Waals surface area (Å²) in [6.07, 6.45) is 2.03. The van der Waals surface area contributed by atoms with Crippen molar-refractivity contribution in [3.05, 3.63) is 0 Å². The number of nitrogens with one attached hydrogen (secondary N) is 2. The molecular weight excluding hydrogens is 184 g/mol. The van der Waals surface area contributed by atoms with Gasteiger partial charge in [0.1, 0.15) is 0 Å². The molecule has 0 bridgehead atoms. The molecule has 0 spiro atoms. The normalized spacial score (nSPS) is 11.4. The van der Waals surface area contributed by atoms with Crippen molar-refractivity contribution in [2.75, 3.05) is 25.1 Å². The van der Waals surface area contributed by atoms with Gasteiger partial charge in [-0.05, 0) is 27.0 Å². The van der Waals surface area contributed by atoms with Crippen LogP contribution in [0.5, 0.6) is 0 Å². The Bertz CT molecular complexity index is 154. The van der Waals surface area contributed by atoms with Crippen LogP contribution >= 0.6 is 11.8 Å². The zero-order valence-electron chi connectivity index (χ0n) is 8.94. The zero-order chi connectivity index (χ0) is 10.3. The summed E-state index contributed by atoms with van der Waals surface area (Å²) in [4.78, 5) is 11.2. The minimum atomic E-state index is 0.0108. The van der Waals surface area contributed by atoms with Gasteiger partial charge >= 0.3 is 0 Å². The molecule has 0 aromatic rings. The van der Waals surface area contributed by atoms with Crippen LogP contribution in [-0.4, -0.2) is 36.5 Å². The van der Waals surface area contributed by atoms with E-state index in [1.54, 1.807) is 11.8 Å². The molecule has 4 heteroatoms. The highest BCUT2D eigenvalue weighted by atomic mass is 32.2. The SMILES string of the molecule is CSCCNC(=O)CNC(C)(C)C. The van der Waals surface area contributed by atoms with Crippen molar-refractivity contribution >= 4 is 17.7 Å². The summed E-state index contributed by atoms with van der Waals surface area (Å²) >= 11 is 1.73. The number of hydrogen-bond acceptors (Lipinski definition) is 3. The van der Waals surface area contributed by atoms with Gasteiger partial charge in [-0.2, -0.15) is 11.8 Å². The number of rotatable bonds is 5. The molecule has 0 aromatic carbocycles. The fraction of sp³-hybridized carbons (Fsp3) is 0.889. The van der Waals surface area contributed by atoms with E-state index in [0.29, 0.717) is 6.54 Å². The van der Waals surface area contributed by atoms with Gasteiger partial charge in [-0.3, -0.25) is 4.79 Å². The number of thioether (sulfide) groups is 1. The van der Waals surface area contributed by atoms with Crippen molar-refractivity contribution in [2.45, 2.75) is 26.3 Å². The standard InChI is InChI=1S/C9H20N2OS/c1-9(2,3)11-7-8(12)10-5-6-13-4/h11H,5-7H2,1-4H3,(H,10,12). The van der Waals surface area contributed by atoms with Gasteiger partial charge in [-0.25, -0.2) is 0 Å². The molecule has 13 heavy (non-hydrogen) atoms. The summed E-state index contributed by atoms with van der Waals surface area (Å²) in [5, 5.41) is 5.96. The van der Waals surface area contributed by atoms with E-state index in [0.717, 1.165) is 12.3 Å². The lowest BCUT2D eigenvalue weighted by molar-refractivity contribution is -0.120. The van der Waals surface area contributed by atoms with Crippen LogP contribution in [0.3, 0.4) is 0 Å². The molecule has 0 aliphatic rings. The third kappa shape index (κ3) is 9.70. The van der Waals surface area contributed by atoms with E-state index in [2.05, 4.69) is 10.6 Å². The fourth-order valence-electron chi connectivity index (χ4n) is 0.700. The molecule has 3 nitrogen and oxygen atoms in total. The molecule has 0 saturated carbocycles. The second-order valence-electron chi connectivity index (χ2n) is 3.95. The first-order chi connectivity index (χ1) is 5.95. The Hall–Kier alpha value is -0.220. The molecule has 0 unspecified atom stereocenters. The maximum atomic E-state index is 11.2. The molecule has 0 aliphatic heterocycles. The highest BCUT2D eigenvalue weighted by Gasteiger charge is 2.10. The second-order valence-corrected chi connectivity index (χ2v) is 4.93. The first-order valence-corrected chi connectivity index (χ1v) is 5.86. The molecule has 78 valence electrons. The van der Waals surface area contributed by atoms with E-state index in [4.69, 9.17) is 0 Å². The largest absolute Gasteiger partial charge is 0.354 e. The third-order valence-corrected chi connectivity index (χ3v) is 2.02. The summed E-state index contributed by atoms with van der Waals surface area (Å²) in [5.41, 5.74) is 0.0108. The molecule has 0 atom stereocenters. The molecule has 1 amide bonds. The Kier molecular flexibility index (Phi) is 6.16. The van der Waals surface area contributed by atoms with Gasteiger partial charge in [-0.15, -0.1) is 0 Å². The van der Waals surface area contributed by atoms with E-state index >= 15 is 0 Å². The van der Waals surface area contributed by atoms with Crippen LogP contribution in [0.1, 0.15) is 20.8 Å².